The number of nitrogens with zero attached hydrogens (tertiary/aromatic N) is 5. The lowest BCUT2D eigenvalue weighted by atomic mass is 10.1. The Hall–Kier alpha value is -2.73. The average molecular weight is 413 g/mol. The minimum Gasteiger partial charge on any atom is -0.387 e. The Kier molecular flexibility index (Phi) is 4.39. The Morgan fingerprint density at radius 2 is 2.10 bits per heavy atom. The van der Waals surface area contributed by atoms with Crippen LogP contribution in [0.25, 0.3) is 22.2 Å². The maximum absolute atomic E-state index is 10.5. The predicted octanol–water partition coefficient (Wildman–Crippen LogP) is 1.00. The van der Waals surface area contributed by atoms with E-state index in [0.717, 1.165) is 21.8 Å². The molecule has 0 aliphatic carbocycles. The number of aromatic amines is 1. The molecule has 0 radical (unpaired) electrons. The Morgan fingerprint density at radius 3 is 2.97 bits per heavy atom. The number of nitrogens with one attached hydrogen (secondary N) is 1. The van der Waals surface area contributed by atoms with Gasteiger partial charge < -0.3 is 25.7 Å². The predicted molar refractivity (Wildman–Crippen MR) is 107 cm³/mol. The minimum atomic E-state index is -1.13. The molecule has 0 spiro atoms. The molecule has 0 amide bonds. The van der Waals surface area contributed by atoms with E-state index >= 15 is 0 Å². The molecule has 1 fully saturated rings. The fourth-order valence-electron chi connectivity index (χ4n) is 3.48. The highest BCUT2D eigenvalue weighted by Crippen LogP contribution is 2.34. The number of anilines is 1. The second kappa shape index (κ2) is 6.95. The van der Waals surface area contributed by atoms with Gasteiger partial charge in [0.2, 0.25) is 0 Å². The summed E-state index contributed by atoms with van der Waals surface area (Å²) in [6.07, 6.45) is -0.805. The zero-order chi connectivity index (χ0) is 20.1. The third kappa shape index (κ3) is 3.12. The summed E-state index contributed by atoms with van der Waals surface area (Å²) >= 11 is 1.43. The lowest BCUT2D eigenvalue weighted by Crippen LogP contribution is -2.32. The number of fused-ring (bicyclic) bond motifs is 2. The van der Waals surface area contributed by atoms with Crippen LogP contribution < -0.4 is 5.73 Å². The van der Waals surface area contributed by atoms with Crippen LogP contribution in [0.15, 0.2) is 36.0 Å². The van der Waals surface area contributed by atoms with Gasteiger partial charge in [-0.3, -0.25) is 4.57 Å². The SMILES string of the molecule is Cc1ccc2nc(SC[C@H]3O[C@@H](n4cnc5c(N)ncnc54)[C@H](O)[C@@H]3O)[nH]c2c1. The lowest BCUT2D eigenvalue weighted by Gasteiger charge is -2.16. The topological polar surface area (TPSA) is 148 Å². The molecule has 4 heterocycles. The molecule has 3 aromatic heterocycles. The molecule has 0 unspecified atom stereocenters. The quantitative estimate of drug-likeness (QED) is 0.360. The minimum absolute atomic E-state index is 0.244. The molecule has 1 aliphatic rings. The number of aliphatic hydroxyl groups is 2. The first-order valence-corrected chi connectivity index (χ1v) is 10.0. The maximum Gasteiger partial charge on any atom is 0.167 e. The summed E-state index contributed by atoms with van der Waals surface area (Å²) in [4.78, 5) is 20.1. The third-order valence-electron chi connectivity index (χ3n) is 5.00. The number of nitrogen functional groups attached to an aromatic ring is 1. The highest BCUT2D eigenvalue weighted by Gasteiger charge is 2.44. The van der Waals surface area contributed by atoms with Crippen molar-refractivity contribution in [2.45, 2.75) is 36.6 Å². The Labute approximate surface area is 169 Å². The number of aliphatic hydroxyl groups excluding tert-OH is 2. The molecule has 0 bridgehead atoms. The first-order chi connectivity index (χ1) is 14.0. The summed E-state index contributed by atoms with van der Waals surface area (Å²) in [6, 6.07) is 6.00. The number of nitrogens with two attached hydrogens (primary N) is 1. The maximum atomic E-state index is 10.5. The molecule has 4 atom stereocenters. The number of rotatable bonds is 4. The van der Waals surface area contributed by atoms with Crippen molar-refractivity contribution in [3.63, 3.8) is 0 Å². The molecule has 1 saturated heterocycles. The second-order valence-corrected chi connectivity index (χ2v) is 8.01. The van der Waals surface area contributed by atoms with Crippen molar-refractivity contribution in [3.05, 3.63) is 36.4 Å². The number of H-pyrrole nitrogens is 1. The van der Waals surface area contributed by atoms with E-state index in [1.54, 1.807) is 4.57 Å². The van der Waals surface area contributed by atoms with Crippen molar-refractivity contribution < 1.29 is 14.9 Å². The standard InChI is InChI=1S/C18H19N7O3S/c1-8-2-3-9-10(4-8)24-18(23-9)29-5-11-13(26)14(27)17(28-11)25-7-22-12-15(19)20-6-21-16(12)25/h2-4,6-7,11,13-14,17,26-27H,5H2,1H3,(H,23,24)(H2,19,20,21)/t11-,13-,14-,17-/m1/s1. The molecular formula is C18H19N7O3S. The molecule has 150 valence electrons. The molecule has 1 aromatic carbocycles. The summed E-state index contributed by atoms with van der Waals surface area (Å²) < 4.78 is 7.52. The van der Waals surface area contributed by atoms with Crippen molar-refractivity contribution in [3.8, 4) is 0 Å². The number of benzene rings is 1. The van der Waals surface area contributed by atoms with Gasteiger partial charge in [-0.05, 0) is 24.6 Å². The van der Waals surface area contributed by atoms with Gasteiger partial charge in [0.15, 0.2) is 22.8 Å². The van der Waals surface area contributed by atoms with Crippen LogP contribution in [0.5, 0.6) is 0 Å². The molecule has 0 saturated carbocycles. The summed E-state index contributed by atoms with van der Waals surface area (Å²) in [6.45, 7) is 2.02. The number of thioether (sulfide) groups is 1. The van der Waals surface area contributed by atoms with Crippen LogP contribution in [0.1, 0.15) is 11.8 Å². The molecular weight excluding hydrogens is 394 g/mol. The summed E-state index contributed by atoms with van der Waals surface area (Å²) in [5.74, 6) is 0.658. The van der Waals surface area contributed by atoms with E-state index in [2.05, 4.69) is 24.9 Å². The van der Waals surface area contributed by atoms with E-state index in [1.807, 2.05) is 25.1 Å². The fourth-order valence-corrected chi connectivity index (χ4v) is 4.43. The molecule has 5 N–H and O–H groups in total. The monoisotopic (exact) mass is 413 g/mol. The van der Waals surface area contributed by atoms with E-state index in [0.29, 0.717) is 16.9 Å². The molecule has 5 rings (SSSR count). The Morgan fingerprint density at radius 1 is 1.24 bits per heavy atom. The van der Waals surface area contributed by atoms with Gasteiger partial charge in [-0.25, -0.2) is 19.9 Å². The van der Waals surface area contributed by atoms with Crippen molar-refractivity contribution in [2.75, 3.05) is 11.5 Å². The van der Waals surface area contributed by atoms with E-state index in [-0.39, 0.29) is 5.82 Å². The van der Waals surface area contributed by atoms with Crippen LogP contribution in [0.3, 0.4) is 0 Å². The highest BCUT2D eigenvalue weighted by atomic mass is 32.2. The van der Waals surface area contributed by atoms with Gasteiger partial charge in [-0.2, -0.15) is 0 Å². The summed E-state index contributed by atoms with van der Waals surface area (Å²) in [5.41, 5.74) is 9.67. The number of hydrogen-bond donors (Lipinski definition) is 4. The largest absolute Gasteiger partial charge is 0.387 e. The molecule has 4 aromatic rings. The van der Waals surface area contributed by atoms with Gasteiger partial charge in [0.25, 0.3) is 0 Å². The van der Waals surface area contributed by atoms with Gasteiger partial charge in [-0.1, -0.05) is 17.8 Å². The van der Waals surface area contributed by atoms with Crippen molar-refractivity contribution in [1.82, 2.24) is 29.5 Å². The van der Waals surface area contributed by atoms with Gasteiger partial charge in [-0.15, -0.1) is 0 Å². The normalized spacial score (nSPS) is 24.7. The smallest absolute Gasteiger partial charge is 0.167 e. The molecule has 29 heavy (non-hydrogen) atoms. The number of ether oxygens (including phenoxy) is 1. The molecule has 1 aliphatic heterocycles. The van der Waals surface area contributed by atoms with Crippen LogP contribution in [0, 0.1) is 6.92 Å². The van der Waals surface area contributed by atoms with Crippen molar-refractivity contribution in [2.24, 2.45) is 0 Å². The van der Waals surface area contributed by atoms with E-state index in [1.165, 1.54) is 24.4 Å². The number of hydrogen-bond acceptors (Lipinski definition) is 9. The van der Waals surface area contributed by atoms with Crippen molar-refractivity contribution >= 4 is 39.8 Å². The summed E-state index contributed by atoms with van der Waals surface area (Å²) in [7, 11) is 0. The Bertz CT molecular complexity index is 1190. The number of aryl methyl sites for hydroxylation is 1. The van der Waals surface area contributed by atoms with Gasteiger partial charge in [0.1, 0.15) is 24.1 Å². The van der Waals surface area contributed by atoms with E-state index < -0.39 is 24.5 Å². The van der Waals surface area contributed by atoms with Crippen molar-refractivity contribution in [1.29, 1.82) is 0 Å². The van der Waals surface area contributed by atoms with Crippen LogP contribution in [-0.2, 0) is 4.74 Å². The van der Waals surface area contributed by atoms with Crippen LogP contribution >= 0.6 is 11.8 Å². The fraction of sp³-hybridized carbons (Fsp3) is 0.333. The first-order valence-electron chi connectivity index (χ1n) is 9.05. The highest BCUT2D eigenvalue weighted by molar-refractivity contribution is 7.99. The number of imidazole rings is 2. The Balaban J connectivity index is 1.34. The summed E-state index contributed by atoms with van der Waals surface area (Å²) in [5, 5.41) is 21.8. The zero-order valence-electron chi connectivity index (χ0n) is 15.4. The van der Waals surface area contributed by atoms with Gasteiger partial charge in [0, 0.05) is 5.75 Å². The van der Waals surface area contributed by atoms with E-state index in [9.17, 15) is 10.2 Å². The first kappa shape index (κ1) is 18.3. The van der Waals surface area contributed by atoms with Crippen LogP contribution in [-0.4, -0.2) is 63.8 Å². The van der Waals surface area contributed by atoms with Gasteiger partial charge in [0.05, 0.1) is 23.5 Å². The van der Waals surface area contributed by atoms with Gasteiger partial charge >= 0.3 is 0 Å². The second-order valence-electron chi connectivity index (χ2n) is 7.00. The van der Waals surface area contributed by atoms with E-state index in [4.69, 9.17) is 10.5 Å². The number of aromatic nitrogens is 6. The lowest BCUT2D eigenvalue weighted by molar-refractivity contribution is -0.0289. The average Bonchev–Trinajstić information content (AvgIpc) is 3.38. The van der Waals surface area contributed by atoms with Crippen LogP contribution in [0.2, 0.25) is 0 Å². The zero-order valence-corrected chi connectivity index (χ0v) is 16.2. The van der Waals surface area contributed by atoms with Crippen LogP contribution in [0.4, 0.5) is 5.82 Å². The molecule has 10 nitrogen and oxygen atoms in total. The molecule has 11 heteroatoms. The third-order valence-corrected chi connectivity index (χ3v) is 5.96.